The molecule has 2 atom stereocenters. The van der Waals surface area contributed by atoms with E-state index in [1.165, 1.54) is 19.3 Å². The van der Waals surface area contributed by atoms with Gasteiger partial charge in [-0.25, -0.2) is 0 Å². The van der Waals surface area contributed by atoms with E-state index < -0.39 is 0 Å². The lowest BCUT2D eigenvalue weighted by molar-refractivity contribution is 0.302. The zero-order chi connectivity index (χ0) is 7.90. The number of hydrogen-bond acceptors (Lipinski definition) is 2. The number of nitrogens with zero attached hydrogens (tertiary/aromatic N) is 1. The Kier molecular flexibility index (Phi) is 1.44. The largest absolute Gasteiger partial charge is 0.411 e. The molecule has 62 valence electrons. The van der Waals surface area contributed by atoms with Crippen molar-refractivity contribution < 1.29 is 5.21 Å². The lowest BCUT2D eigenvalue weighted by atomic mass is 9.80. The Bertz CT molecular complexity index is 200. The van der Waals surface area contributed by atoms with Gasteiger partial charge in [0.05, 0.1) is 5.71 Å². The van der Waals surface area contributed by atoms with Crippen molar-refractivity contribution in [3.05, 3.63) is 0 Å². The Morgan fingerprint density at radius 3 is 3.00 bits per heavy atom. The van der Waals surface area contributed by atoms with Crippen LogP contribution in [0.25, 0.3) is 0 Å². The second-order valence-corrected chi connectivity index (χ2v) is 3.99. The average Bonchev–Trinajstić information content (AvgIpc) is 2.60. The van der Waals surface area contributed by atoms with Crippen molar-refractivity contribution in [2.24, 2.45) is 16.5 Å². The average molecular weight is 153 g/mol. The predicted octanol–water partition coefficient (Wildman–Crippen LogP) is 2.42. The second-order valence-electron chi connectivity index (χ2n) is 3.99. The van der Waals surface area contributed by atoms with E-state index in [1.54, 1.807) is 0 Å². The molecule has 0 aromatic carbocycles. The van der Waals surface area contributed by atoms with Crippen LogP contribution in [0.4, 0.5) is 0 Å². The second kappa shape index (κ2) is 2.23. The highest BCUT2D eigenvalue weighted by Gasteiger charge is 2.48. The fourth-order valence-electron chi connectivity index (χ4n) is 2.84. The van der Waals surface area contributed by atoms with Gasteiger partial charge in [-0.3, -0.25) is 0 Å². The minimum Gasteiger partial charge on any atom is -0.411 e. The molecule has 2 aliphatic rings. The summed E-state index contributed by atoms with van der Waals surface area (Å²) in [5, 5.41) is 12.2. The summed E-state index contributed by atoms with van der Waals surface area (Å²) in [6, 6.07) is 0. The first-order valence-corrected chi connectivity index (χ1v) is 4.52. The van der Waals surface area contributed by atoms with Gasteiger partial charge in [0, 0.05) is 5.41 Å². The third kappa shape index (κ3) is 0.815. The van der Waals surface area contributed by atoms with Crippen LogP contribution in [0.15, 0.2) is 5.16 Å². The van der Waals surface area contributed by atoms with Gasteiger partial charge in [-0.05, 0) is 38.0 Å². The van der Waals surface area contributed by atoms with Gasteiger partial charge in [-0.1, -0.05) is 12.1 Å². The van der Waals surface area contributed by atoms with Crippen molar-refractivity contribution in [2.75, 3.05) is 0 Å². The highest BCUT2D eigenvalue weighted by Crippen LogP contribution is 2.53. The van der Waals surface area contributed by atoms with Crippen molar-refractivity contribution >= 4 is 5.71 Å². The highest BCUT2D eigenvalue weighted by molar-refractivity contribution is 5.92. The Morgan fingerprint density at radius 1 is 1.73 bits per heavy atom. The summed E-state index contributed by atoms with van der Waals surface area (Å²) in [5.74, 6) is 0.834. The summed E-state index contributed by atoms with van der Waals surface area (Å²) in [5.41, 5.74) is 1.40. The first-order valence-electron chi connectivity index (χ1n) is 4.52. The van der Waals surface area contributed by atoms with Gasteiger partial charge >= 0.3 is 0 Å². The molecule has 2 nitrogen and oxygen atoms in total. The lowest BCUT2D eigenvalue weighted by Gasteiger charge is -2.24. The van der Waals surface area contributed by atoms with Gasteiger partial charge in [0.25, 0.3) is 0 Å². The number of rotatable bonds is 1. The molecule has 0 aromatic rings. The molecule has 0 saturated heterocycles. The van der Waals surface area contributed by atoms with Crippen LogP contribution in [-0.4, -0.2) is 10.9 Å². The van der Waals surface area contributed by atoms with Gasteiger partial charge in [-0.15, -0.1) is 0 Å². The van der Waals surface area contributed by atoms with E-state index in [-0.39, 0.29) is 0 Å². The minimum atomic E-state index is 0.319. The van der Waals surface area contributed by atoms with Crippen molar-refractivity contribution in [1.29, 1.82) is 0 Å². The van der Waals surface area contributed by atoms with Crippen LogP contribution >= 0.6 is 0 Å². The molecule has 1 N–H and O–H groups in total. The van der Waals surface area contributed by atoms with Crippen molar-refractivity contribution in [1.82, 2.24) is 0 Å². The summed E-state index contributed by atoms with van der Waals surface area (Å²) < 4.78 is 0. The molecule has 11 heavy (non-hydrogen) atoms. The molecular formula is C9H15NO. The zero-order valence-corrected chi connectivity index (χ0v) is 7.01. The quantitative estimate of drug-likeness (QED) is 0.455. The molecule has 2 bridgehead atoms. The standard InChI is InChI=1S/C9H15NO/c1-2-9-4-3-7(6-9)5-8(9)10-11/h7,11H,2-6H2,1H3/b10-8-/t7-,9-/m0/s1. The normalized spacial score (nSPS) is 45.5. The first kappa shape index (κ1) is 7.14. The Balaban J connectivity index is 2.29. The van der Waals surface area contributed by atoms with Gasteiger partial charge < -0.3 is 5.21 Å². The van der Waals surface area contributed by atoms with Crippen LogP contribution in [0, 0.1) is 11.3 Å². The zero-order valence-electron chi connectivity index (χ0n) is 7.01. The van der Waals surface area contributed by atoms with E-state index >= 15 is 0 Å². The van der Waals surface area contributed by atoms with E-state index in [9.17, 15) is 0 Å². The van der Waals surface area contributed by atoms with E-state index in [2.05, 4.69) is 12.1 Å². The van der Waals surface area contributed by atoms with E-state index in [1.807, 2.05) is 0 Å². The van der Waals surface area contributed by atoms with Gasteiger partial charge in [0.2, 0.25) is 0 Å². The fourth-order valence-corrected chi connectivity index (χ4v) is 2.84. The smallest absolute Gasteiger partial charge is 0.0635 e. The summed E-state index contributed by atoms with van der Waals surface area (Å²) in [4.78, 5) is 0. The maximum atomic E-state index is 8.77. The molecular weight excluding hydrogens is 138 g/mol. The molecule has 0 spiro atoms. The monoisotopic (exact) mass is 153 g/mol. The Hall–Kier alpha value is -0.530. The van der Waals surface area contributed by atoms with Gasteiger partial charge in [0.15, 0.2) is 0 Å². The molecule has 0 amide bonds. The third-order valence-corrected chi connectivity index (χ3v) is 3.60. The summed E-state index contributed by atoms with van der Waals surface area (Å²) in [6.07, 6.45) is 6.11. The molecule has 0 heterocycles. The SMILES string of the molecule is CC[C@@]12CC[C@@H](C/C1=N/O)C2. The van der Waals surface area contributed by atoms with Crippen molar-refractivity contribution in [2.45, 2.75) is 39.0 Å². The van der Waals surface area contributed by atoms with Gasteiger partial charge in [0.1, 0.15) is 0 Å². The first-order chi connectivity index (χ1) is 5.30. The summed E-state index contributed by atoms with van der Waals surface area (Å²) in [7, 11) is 0. The Labute approximate surface area is 67.3 Å². The summed E-state index contributed by atoms with van der Waals surface area (Å²) >= 11 is 0. The fraction of sp³-hybridized carbons (Fsp3) is 0.889. The van der Waals surface area contributed by atoms with Crippen LogP contribution in [0.2, 0.25) is 0 Å². The molecule has 2 saturated carbocycles. The molecule has 2 aliphatic carbocycles. The molecule has 0 radical (unpaired) electrons. The summed E-state index contributed by atoms with van der Waals surface area (Å²) in [6.45, 7) is 2.21. The maximum absolute atomic E-state index is 8.77. The maximum Gasteiger partial charge on any atom is 0.0635 e. The molecule has 2 rings (SSSR count). The van der Waals surface area contributed by atoms with Crippen LogP contribution in [-0.2, 0) is 0 Å². The van der Waals surface area contributed by atoms with Gasteiger partial charge in [-0.2, -0.15) is 0 Å². The van der Waals surface area contributed by atoms with E-state index in [0.29, 0.717) is 5.41 Å². The Morgan fingerprint density at radius 2 is 2.55 bits per heavy atom. The van der Waals surface area contributed by atoms with E-state index in [0.717, 1.165) is 24.5 Å². The minimum absolute atomic E-state index is 0.319. The lowest BCUT2D eigenvalue weighted by Crippen LogP contribution is -2.24. The van der Waals surface area contributed by atoms with Crippen LogP contribution in [0.3, 0.4) is 0 Å². The predicted molar refractivity (Wildman–Crippen MR) is 43.9 cm³/mol. The van der Waals surface area contributed by atoms with Crippen LogP contribution < -0.4 is 0 Å². The third-order valence-electron chi connectivity index (χ3n) is 3.60. The molecule has 2 fully saturated rings. The van der Waals surface area contributed by atoms with Crippen LogP contribution in [0.5, 0.6) is 0 Å². The number of oxime groups is 1. The molecule has 2 heteroatoms. The van der Waals surface area contributed by atoms with Crippen LogP contribution in [0.1, 0.15) is 39.0 Å². The highest BCUT2D eigenvalue weighted by atomic mass is 16.4. The molecule has 0 unspecified atom stereocenters. The molecule has 0 aliphatic heterocycles. The topological polar surface area (TPSA) is 32.6 Å². The molecule has 0 aromatic heterocycles. The van der Waals surface area contributed by atoms with E-state index in [4.69, 9.17) is 5.21 Å². The number of fused-ring (bicyclic) bond motifs is 2. The number of hydrogen-bond donors (Lipinski definition) is 1. The van der Waals surface area contributed by atoms with Crippen molar-refractivity contribution in [3.63, 3.8) is 0 Å². The van der Waals surface area contributed by atoms with Crippen molar-refractivity contribution in [3.8, 4) is 0 Å².